The molecular formula is C12H14N4O3. The first-order valence-corrected chi connectivity index (χ1v) is 5.74. The van der Waals surface area contributed by atoms with E-state index in [-0.39, 0.29) is 11.4 Å². The first-order valence-electron chi connectivity index (χ1n) is 5.74. The fourth-order valence-electron chi connectivity index (χ4n) is 1.96. The monoisotopic (exact) mass is 262 g/mol. The predicted octanol–water partition coefficient (Wildman–Crippen LogP) is 2.14. The highest BCUT2D eigenvalue weighted by molar-refractivity contribution is 5.71. The second kappa shape index (κ2) is 4.97. The van der Waals surface area contributed by atoms with Crippen LogP contribution in [-0.2, 0) is 6.42 Å². The molecule has 0 saturated heterocycles. The maximum atomic E-state index is 10.8. The lowest BCUT2D eigenvalue weighted by molar-refractivity contribution is -0.385. The zero-order valence-electron chi connectivity index (χ0n) is 10.6. The largest absolute Gasteiger partial charge is 0.490 e. The smallest absolute Gasteiger partial charge is 0.310 e. The van der Waals surface area contributed by atoms with Gasteiger partial charge in [0.25, 0.3) is 0 Å². The SMILES string of the molecule is CCc1c(N)n[nH]c1-c1ccc([N+](=O)[O-])c(OC)c1. The van der Waals surface area contributed by atoms with Gasteiger partial charge in [0.1, 0.15) is 5.82 Å². The van der Waals surface area contributed by atoms with E-state index in [0.717, 1.165) is 23.2 Å². The Morgan fingerprint density at radius 3 is 2.84 bits per heavy atom. The summed E-state index contributed by atoms with van der Waals surface area (Å²) >= 11 is 0. The number of anilines is 1. The molecule has 0 spiro atoms. The molecule has 7 nitrogen and oxygen atoms in total. The number of aromatic amines is 1. The maximum Gasteiger partial charge on any atom is 0.310 e. The number of nitrogens with two attached hydrogens (primary N) is 1. The fourth-order valence-corrected chi connectivity index (χ4v) is 1.96. The molecule has 1 heterocycles. The van der Waals surface area contributed by atoms with Gasteiger partial charge < -0.3 is 10.5 Å². The highest BCUT2D eigenvalue weighted by atomic mass is 16.6. The Kier molecular flexibility index (Phi) is 3.37. The van der Waals surface area contributed by atoms with Crippen LogP contribution in [0.2, 0.25) is 0 Å². The fraction of sp³-hybridized carbons (Fsp3) is 0.250. The van der Waals surface area contributed by atoms with Crippen molar-refractivity contribution in [2.24, 2.45) is 0 Å². The number of rotatable bonds is 4. The zero-order valence-corrected chi connectivity index (χ0v) is 10.6. The van der Waals surface area contributed by atoms with Gasteiger partial charge in [-0.25, -0.2) is 0 Å². The molecule has 0 bridgehead atoms. The number of nitro benzene ring substituents is 1. The molecule has 2 rings (SSSR count). The molecule has 3 N–H and O–H groups in total. The van der Waals surface area contributed by atoms with Crippen LogP contribution in [0.5, 0.6) is 5.75 Å². The van der Waals surface area contributed by atoms with Gasteiger partial charge in [-0.3, -0.25) is 15.2 Å². The number of nitrogens with one attached hydrogen (secondary N) is 1. The standard InChI is InChI=1S/C12H14N4O3/c1-3-8-11(14-15-12(8)13)7-4-5-9(16(17)18)10(6-7)19-2/h4-6H,3H2,1-2H3,(H3,13,14,15). The summed E-state index contributed by atoms with van der Waals surface area (Å²) in [7, 11) is 1.40. The van der Waals surface area contributed by atoms with Crippen LogP contribution in [0.4, 0.5) is 11.5 Å². The second-order valence-corrected chi connectivity index (χ2v) is 3.96. The molecular weight excluding hydrogens is 248 g/mol. The number of methoxy groups -OCH3 is 1. The molecule has 0 aliphatic heterocycles. The highest BCUT2D eigenvalue weighted by Crippen LogP contribution is 2.33. The molecule has 1 aromatic heterocycles. The zero-order chi connectivity index (χ0) is 14.0. The Hall–Kier alpha value is -2.57. The number of nitrogen functional groups attached to an aromatic ring is 1. The summed E-state index contributed by atoms with van der Waals surface area (Å²) < 4.78 is 5.04. The van der Waals surface area contributed by atoms with E-state index in [1.165, 1.54) is 13.2 Å². The predicted molar refractivity (Wildman–Crippen MR) is 71.0 cm³/mol. The topological polar surface area (TPSA) is 107 Å². The maximum absolute atomic E-state index is 10.8. The Morgan fingerprint density at radius 1 is 1.53 bits per heavy atom. The molecule has 19 heavy (non-hydrogen) atoms. The Bertz CT molecular complexity index is 621. The van der Waals surface area contributed by atoms with Crippen molar-refractivity contribution in [1.29, 1.82) is 0 Å². The first kappa shape index (κ1) is 12.9. The molecule has 0 unspecified atom stereocenters. The van der Waals surface area contributed by atoms with Gasteiger partial charge >= 0.3 is 5.69 Å². The summed E-state index contributed by atoms with van der Waals surface area (Å²) in [6.07, 6.45) is 0.719. The van der Waals surface area contributed by atoms with Crippen LogP contribution in [0.3, 0.4) is 0 Å². The number of benzene rings is 1. The van der Waals surface area contributed by atoms with Gasteiger partial charge in [-0.2, -0.15) is 5.10 Å². The van der Waals surface area contributed by atoms with Gasteiger partial charge in [0.2, 0.25) is 0 Å². The lowest BCUT2D eigenvalue weighted by Crippen LogP contribution is -1.95. The van der Waals surface area contributed by atoms with Crippen LogP contribution in [0.15, 0.2) is 18.2 Å². The molecule has 0 fully saturated rings. The number of ether oxygens (including phenoxy) is 1. The number of aromatic nitrogens is 2. The first-order chi connectivity index (χ1) is 9.08. The van der Waals surface area contributed by atoms with Crippen molar-refractivity contribution in [2.45, 2.75) is 13.3 Å². The third kappa shape index (κ3) is 2.22. The van der Waals surface area contributed by atoms with E-state index in [9.17, 15) is 10.1 Å². The molecule has 0 atom stereocenters. The van der Waals surface area contributed by atoms with E-state index in [1.54, 1.807) is 12.1 Å². The number of H-pyrrole nitrogens is 1. The average molecular weight is 262 g/mol. The minimum absolute atomic E-state index is 0.0724. The van der Waals surface area contributed by atoms with Crippen LogP contribution >= 0.6 is 0 Å². The third-order valence-corrected chi connectivity index (χ3v) is 2.92. The van der Waals surface area contributed by atoms with E-state index >= 15 is 0 Å². The third-order valence-electron chi connectivity index (χ3n) is 2.92. The summed E-state index contributed by atoms with van der Waals surface area (Å²) in [4.78, 5) is 10.4. The Labute approximate surface area is 109 Å². The van der Waals surface area contributed by atoms with E-state index in [1.807, 2.05) is 6.92 Å². The highest BCUT2D eigenvalue weighted by Gasteiger charge is 2.18. The molecule has 2 aromatic rings. The minimum Gasteiger partial charge on any atom is -0.490 e. The van der Waals surface area contributed by atoms with Crippen molar-refractivity contribution < 1.29 is 9.66 Å². The molecule has 0 radical (unpaired) electrons. The molecule has 100 valence electrons. The molecule has 0 aliphatic rings. The van der Waals surface area contributed by atoms with Crippen molar-refractivity contribution in [3.05, 3.63) is 33.9 Å². The quantitative estimate of drug-likeness (QED) is 0.648. The summed E-state index contributed by atoms with van der Waals surface area (Å²) in [5.74, 6) is 0.646. The molecule has 0 aliphatic carbocycles. The Balaban J connectivity index is 2.54. The summed E-state index contributed by atoms with van der Waals surface area (Å²) in [6, 6.07) is 4.65. The Morgan fingerprint density at radius 2 is 2.26 bits per heavy atom. The number of hydrogen-bond donors (Lipinski definition) is 2. The van der Waals surface area contributed by atoms with Crippen LogP contribution in [0, 0.1) is 10.1 Å². The van der Waals surface area contributed by atoms with Crippen molar-refractivity contribution >= 4 is 11.5 Å². The van der Waals surface area contributed by atoms with Crippen LogP contribution < -0.4 is 10.5 Å². The van der Waals surface area contributed by atoms with Crippen molar-refractivity contribution in [3.63, 3.8) is 0 Å². The van der Waals surface area contributed by atoms with Gasteiger partial charge in [-0.15, -0.1) is 0 Å². The van der Waals surface area contributed by atoms with E-state index in [0.29, 0.717) is 5.82 Å². The van der Waals surface area contributed by atoms with Crippen LogP contribution in [-0.4, -0.2) is 22.2 Å². The van der Waals surface area contributed by atoms with Gasteiger partial charge in [0.05, 0.1) is 17.7 Å². The number of nitro groups is 1. The lowest BCUT2D eigenvalue weighted by atomic mass is 10.0. The summed E-state index contributed by atoms with van der Waals surface area (Å²) in [5, 5.41) is 17.6. The second-order valence-electron chi connectivity index (χ2n) is 3.96. The van der Waals surface area contributed by atoms with Gasteiger partial charge in [0, 0.05) is 17.2 Å². The van der Waals surface area contributed by atoms with Crippen LogP contribution in [0.1, 0.15) is 12.5 Å². The van der Waals surface area contributed by atoms with Crippen molar-refractivity contribution in [1.82, 2.24) is 10.2 Å². The number of hydrogen-bond acceptors (Lipinski definition) is 5. The van der Waals surface area contributed by atoms with E-state index in [2.05, 4.69) is 10.2 Å². The van der Waals surface area contributed by atoms with Crippen molar-refractivity contribution in [2.75, 3.05) is 12.8 Å². The van der Waals surface area contributed by atoms with Crippen LogP contribution in [0.25, 0.3) is 11.3 Å². The van der Waals surface area contributed by atoms with Gasteiger partial charge in [0.15, 0.2) is 5.75 Å². The van der Waals surface area contributed by atoms with E-state index < -0.39 is 4.92 Å². The number of nitrogens with zero attached hydrogens (tertiary/aromatic N) is 2. The van der Waals surface area contributed by atoms with Crippen molar-refractivity contribution in [3.8, 4) is 17.0 Å². The average Bonchev–Trinajstić information content (AvgIpc) is 2.78. The molecule has 1 aromatic carbocycles. The van der Waals surface area contributed by atoms with Gasteiger partial charge in [-0.05, 0) is 18.6 Å². The molecule has 0 saturated carbocycles. The summed E-state index contributed by atoms with van der Waals surface area (Å²) in [5.41, 5.74) is 8.08. The van der Waals surface area contributed by atoms with E-state index in [4.69, 9.17) is 10.5 Å². The minimum atomic E-state index is -0.481. The summed E-state index contributed by atoms with van der Waals surface area (Å²) in [6.45, 7) is 1.97. The lowest BCUT2D eigenvalue weighted by Gasteiger charge is -2.05. The normalized spacial score (nSPS) is 10.4. The van der Waals surface area contributed by atoms with Gasteiger partial charge in [-0.1, -0.05) is 6.92 Å². The molecule has 7 heteroatoms. The molecule has 0 amide bonds.